The molecule has 2 aromatic carbocycles. The number of halogens is 1. The van der Waals surface area contributed by atoms with Crippen LogP contribution in [0.15, 0.2) is 53.0 Å². The van der Waals surface area contributed by atoms with Gasteiger partial charge in [-0.1, -0.05) is 34.1 Å². The molecule has 3 atom stereocenters. The molecule has 134 valence electrons. The number of carbonyl (C=O) groups is 1. The number of nitrogens with one attached hydrogen (secondary N) is 1. The van der Waals surface area contributed by atoms with Crippen LogP contribution >= 0.6 is 15.9 Å². The van der Waals surface area contributed by atoms with Crippen molar-refractivity contribution in [3.05, 3.63) is 69.7 Å². The SMILES string of the molecule is COC(=O)c1ccc(C2Nc3ccc(OC)cc3C3C=CCC32)c(Br)c1. The van der Waals surface area contributed by atoms with E-state index in [1.54, 1.807) is 7.11 Å². The summed E-state index contributed by atoms with van der Waals surface area (Å²) in [6, 6.07) is 12.0. The van der Waals surface area contributed by atoms with Gasteiger partial charge in [-0.3, -0.25) is 0 Å². The molecule has 2 aromatic rings. The van der Waals surface area contributed by atoms with E-state index in [-0.39, 0.29) is 12.0 Å². The highest BCUT2D eigenvalue weighted by Crippen LogP contribution is 2.51. The van der Waals surface area contributed by atoms with Gasteiger partial charge in [0.2, 0.25) is 0 Å². The Labute approximate surface area is 161 Å². The van der Waals surface area contributed by atoms with Crippen LogP contribution in [0.2, 0.25) is 0 Å². The third-order valence-electron chi connectivity index (χ3n) is 5.33. The van der Waals surface area contributed by atoms with Gasteiger partial charge in [0.05, 0.1) is 25.8 Å². The topological polar surface area (TPSA) is 47.6 Å². The van der Waals surface area contributed by atoms with E-state index in [9.17, 15) is 4.79 Å². The third kappa shape index (κ3) is 2.80. The number of methoxy groups -OCH3 is 2. The Morgan fingerprint density at radius 2 is 2.00 bits per heavy atom. The van der Waals surface area contributed by atoms with Crippen LogP contribution < -0.4 is 10.1 Å². The highest BCUT2D eigenvalue weighted by Gasteiger charge is 2.38. The predicted molar refractivity (Wildman–Crippen MR) is 105 cm³/mol. The van der Waals surface area contributed by atoms with Crippen LogP contribution in [0.1, 0.15) is 39.9 Å². The second-order valence-corrected chi connectivity index (χ2v) is 7.51. The Bertz CT molecular complexity index is 893. The molecule has 0 saturated carbocycles. The van der Waals surface area contributed by atoms with Gasteiger partial charge in [0.25, 0.3) is 0 Å². The van der Waals surface area contributed by atoms with Crippen molar-refractivity contribution < 1.29 is 14.3 Å². The van der Waals surface area contributed by atoms with Crippen molar-refractivity contribution in [3.8, 4) is 5.75 Å². The van der Waals surface area contributed by atoms with Crippen LogP contribution in [0, 0.1) is 5.92 Å². The van der Waals surface area contributed by atoms with E-state index in [1.807, 2.05) is 24.3 Å². The summed E-state index contributed by atoms with van der Waals surface area (Å²) >= 11 is 3.65. The number of anilines is 1. The van der Waals surface area contributed by atoms with Gasteiger partial charge in [-0.25, -0.2) is 4.79 Å². The standard InChI is InChI=1S/C21H20BrNO3/c1-25-13-7-9-19-17(11-13)14-4-3-5-15(14)20(23-19)16-8-6-12(10-18(16)22)21(24)26-2/h3-4,6-11,14-15,20,23H,5H2,1-2H3. The lowest BCUT2D eigenvalue weighted by molar-refractivity contribution is 0.0600. The van der Waals surface area contributed by atoms with Crippen molar-refractivity contribution in [2.24, 2.45) is 5.92 Å². The van der Waals surface area contributed by atoms with E-state index in [1.165, 1.54) is 12.7 Å². The number of benzene rings is 2. The van der Waals surface area contributed by atoms with Gasteiger partial charge < -0.3 is 14.8 Å². The molecule has 0 bridgehead atoms. The van der Waals surface area contributed by atoms with Crippen molar-refractivity contribution in [3.63, 3.8) is 0 Å². The Kier molecular flexibility index (Phi) is 4.49. The van der Waals surface area contributed by atoms with E-state index >= 15 is 0 Å². The maximum atomic E-state index is 11.8. The summed E-state index contributed by atoms with van der Waals surface area (Å²) in [5.41, 5.74) is 4.11. The van der Waals surface area contributed by atoms with Gasteiger partial charge in [0.15, 0.2) is 0 Å². The lowest BCUT2D eigenvalue weighted by Gasteiger charge is -2.38. The molecule has 0 radical (unpaired) electrons. The Balaban J connectivity index is 1.73. The molecule has 1 heterocycles. The van der Waals surface area contributed by atoms with Crippen molar-refractivity contribution in [2.75, 3.05) is 19.5 Å². The van der Waals surface area contributed by atoms with Crippen LogP contribution in [-0.2, 0) is 4.74 Å². The van der Waals surface area contributed by atoms with Gasteiger partial charge >= 0.3 is 5.97 Å². The summed E-state index contributed by atoms with van der Waals surface area (Å²) < 4.78 is 11.1. The average Bonchev–Trinajstić information content (AvgIpc) is 3.16. The minimum atomic E-state index is -0.327. The molecular weight excluding hydrogens is 394 g/mol. The normalized spacial score (nSPS) is 23.0. The lowest BCUT2D eigenvalue weighted by atomic mass is 9.77. The van der Waals surface area contributed by atoms with Crippen LogP contribution in [0.3, 0.4) is 0 Å². The first-order valence-electron chi connectivity index (χ1n) is 8.61. The number of rotatable bonds is 3. The molecule has 2 aliphatic rings. The van der Waals surface area contributed by atoms with Crippen LogP contribution in [0.25, 0.3) is 0 Å². The molecular formula is C21H20BrNO3. The monoisotopic (exact) mass is 413 g/mol. The van der Waals surface area contributed by atoms with Crippen molar-refractivity contribution in [1.82, 2.24) is 0 Å². The predicted octanol–water partition coefficient (Wildman–Crippen LogP) is 5.07. The second kappa shape index (κ2) is 6.80. The number of carbonyl (C=O) groups excluding carboxylic acids is 1. The molecule has 4 nitrogen and oxygen atoms in total. The molecule has 1 aliphatic heterocycles. The lowest BCUT2D eigenvalue weighted by Crippen LogP contribution is -2.29. The summed E-state index contributed by atoms with van der Waals surface area (Å²) in [6.07, 6.45) is 5.58. The van der Waals surface area contributed by atoms with E-state index < -0.39 is 0 Å². The first-order valence-corrected chi connectivity index (χ1v) is 9.40. The van der Waals surface area contributed by atoms with E-state index in [0.717, 1.165) is 27.9 Å². The Morgan fingerprint density at radius 3 is 2.73 bits per heavy atom. The van der Waals surface area contributed by atoms with Crippen LogP contribution in [0.4, 0.5) is 5.69 Å². The van der Waals surface area contributed by atoms with Gasteiger partial charge in [-0.05, 0) is 53.8 Å². The van der Waals surface area contributed by atoms with Crippen LogP contribution in [-0.4, -0.2) is 20.2 Å². The number of fused-ring (bicyclic) bond motifs is 3. The Hall–Kier alpha value is -2.27. The smallest absolute Gasteiger partial charge is 0.337 e. The van der Waals surface area contributed by atoms with E-state index in [4.69, 9.17) is 9.47 Å². The fourth-order valence-corrected chi connectivity index (χ4v) is 4.66. The molecule has 0 aromatic heterocycles. The number of hydrogen-bond donors (Lipinski definition) is 1. The van der Waals surface area contributed by atoms with Crippen molar-refractivity contribution in [2.45, 2.75) is 18.4 Å². The van der Waals surface area contributed by atoms with Gasteiger partial charge in [-0.15, -0.1) is 0 Å². The number of ether oxygens (including phenoxy) is 2. The fourth-order valence-electron chi connectivity index (χ4n) is 4.03. The quantitative estimate of drug-likeness (QED) is 0.563. The van der Waals surface area contributed by atoms with Crippen LogP contribution in [0.5, 0.6) is 5.75 Å². The Morgan fingerprint density at radius 1 is 1.15 bits per heavy atom. The minimum Gasteiger partial charge on any atom is -0.497 e. The largest absolute Gasteiger partial charge is 0.497 e. The number of esters is 1. The second-order valence-electron chi connectivity index (χ2n) is 6.66. The highest BCUT2D eigenvalue weighted by molar-refractivity contribution is 9.10. The molecule has 0 amide bonds. The van der Waals surface area contributed by atoms with E-state index in [2.05, 4.69) is 45.5 Å². The molecule has 3 unspecified atom stereocenters. The van der Waals surface area contributed by atoms with Gasteiger partial charge in [0, 0.05) is 16.1 Å². The minimum absolute atomic E-state index is 0.164. The molecule has 1 aliphatic carbocycles. The molecule has 1 N–H and O–H groups in total. The molecule has 0 saturated heterocycles. The fraction of sp³-hybridized carbons (Fsp3) is 0.286. The van der Waals surface area contributed by atoms with E-state index in [0.29, 0.717) is 17.4 Å². The number of hydrogen-bond acceptors (Lipinski definition) is 4. The van der Waals surface area contributed by atoms with Crippen molar-refractivity contribution in [1.29, 1.82) is 0 Å². The number of allylic oxidation sites excluding steroid dienone is 2. The molecule has 0 spiro atoms. The zero-order valence-electron chi connectivity index (χ0n) is 14.7. The summed E-state index contributed by atoms with van der Waals surface area (Å²) in [5, 5.41) is 3.70. The van der Waals surface area contributed by atoms with Gasteiger partial charge in [0.1, 0.15) is 5.75 Å². The van der Waals surface area contributed by atoms with Crippen molar-refractivity contribution >= 4 is 27.6 Å². The first-order chi connectivity index (χ1) is 12.6. The highest BCUT2D eigenvalue weighted by atomic mass is 79.9. The zero-order chi connectivity index (χ0) is 18.3. The zero-order valence-corrected chi connectivity index (χ0v) is 16.2. The third-order valence-corrected chi connectivity index (χ3v) is 6.01. The summed E-state index contributed by atoms with van der Waals surface area (Å²) in [4.78, 5) is 11.8. The summed E-state index contributed by atoms with van der Waals surface area (Å²) in [5.74, 6) is 1.34. The molecule has 26 heavy (non-hydrogen) atoms. The average molecular weight is 414 g/mol. The summed E-state index contributed by atoms with van der Waals surface area (Å²) in [6.45, 7) is 0. The van der Waals surface area contributed by atoms with Gasteiger partial charge in [-0.2, -0.15) is 0 Å². The molecule has 0 fully saturated rings. The summed E-state index contributed by atoms with van der Waals surface area (Å²) in [7, 11) is 3.09. The molecule has 5 heteroatoms. The maximum Gasteiger partial charge on any atom is 0.337 e. The molecule has 4 rings (SSSR count). The first kappa shape index (κ1) is 17.2. The maximum absolute atomic E-state index is 11.8.